The SMILES string of the molecule is CC/C=C\C/C=C\C/C=C\C/C=C\C/C=C\CCCCCCCCCCCCCCCCCC(=O)NC(CO)C(O)/C=C/CC/C=C/CC/C=C/CCCCCCCCCCCCCCCCCCCCC. The van der Waals surface area contributed by atoms with Crippen LogP contribution in [-0.4, -0.2) is 34.9 Å². The van der Waals surface area contributed by atoms with Crippen molar-refractivity contribution in [1.82, 2.24) is 5.32 Å². The van der Waals surface area contributed by atoms with Gasteiger partial charge >= 0.3 is 0 Å². The summed E-state index contributed by atoms with van der Waals surface area (Å²) >= 11 is 0. The zero-order valence-electron chi connectivity index (χ0n) is 47.9. The third-order valence-electron chi connectivity index (χ3n) is 14.0. The Morgan fingerprint density at radius 3 is 0.972 bits per heavy atom. The fraction of sp³-hybridized carbons (Fsp3) is 0.750. The molecule has 0 rings (SSSR count). The van der Waals surface area contributed by atoms with Gasteiger partial charge in [-0.1, -0.05) is 310 Å². The van der Waals surface area contributed by atoms with E-state index in [9.17, 15) is 15.0 Å². The number of allylic oxidation sites excluding steroid dienone is 15. The van der Waals surface area contributed by atoms with Gasteiger partial charge in [0.2, 0.25) is 5.91 Å². The molecule has 0 aromatic heterocycles. The summed E-state index contributed by atoms with van der Waals surface area (Å²) in [5.41, 5.74) is 0. The zero-order valence-corrected chi connectivity index (χ0v) is 47.9. The number of carbonyl (C=O) groups excluding carboxylic acids is 1. The van der Waals surface area contributed by atoms with Crippen LogP contribution in [0.5, 0.6) is 0 Å². The summed E-state index contributed by atoms with van der Waals surface area (Å²) in [6.07, 6.45) is 93.1. The lowest BCUT2D eigenvalue weighted by molar-refractivity contribution is -0.123. The van der Waals surface area contributed by atoms with Crippen molar-refractivity contribution in [2.45, 2.75) is 321 Å². The number of hydrogen-bond donors (Lipinski definition) is 3. The van der Waals surface area contributed by atoms with Crippen molar-refractivity contribution in [3.8, 4) is 0 Å². The summed E-state index contributed by atoms with van der Waals surface area (Å²) in [6, 6.07) is -0.652. The second-order valence-corrected chi connectivity index (χ2v) is 21.1. The first-order valence-electron chi connectivity index (χ1n) is 31.5. The first-order chi connectivity index (χ1) is 35.7. The molecule has 0 heterocycles. The minimum atomic E-state index is -0.877. The summed E-state index contributed by atoms with van der Waals surface area (Å²) in [7, 11) is 0. The molecule has 0 bridgehead atoms. The van der Waals surface area contributed by atoms with E-state index in [1.165, 1.54) is 218 Å². The van der Waals surface area contributed by atoms with E-state index in [0.717, 1.165) is 70.6 Å². The Hall–Kier alpha value is -2.69. The second kappa shape index (κ2) is 62.6. The number of rotatable bonds is 57. The van der Waals surface area contributed by atoms with Crippen molar-refractivity contribution in [2.75, 3.05) is 6.61 Å². The quantitative estimate of drug-likeness (QED) is 0.0420. The lowest BCUT2D eigenvalue weighted by Gasteiger charge is -2.19. The van der Waals surface area contributed by atoms with Crippen LogP contribution in [0.4, 0.5) is 0 Å². The predicted molar refractivity (Wildman–Crippen MR) is 322 cm³/mol. The second-order valence-electron chi connectivity index (χ2n) is 21.1. The molecule has 0 fully saturated rings. The van der Waals surface area contributed by atoms with Crippen molar-refractivity contribution in [3.63, 3.8) is 0 Å². The molecule has 0 aromatic carbocycles. The number of amides is 1. The van der Waals surface area contributed by atoms with Gasteiger partial charge in [0.15, 0.2) is 0 Å². The van der Waals surface area contributed by atoms with Crippen LogP contribution in [0.1, 0.15) is 309 Å². The van der Waals surface area contributed by atoms with Gasteiger partial charge in [0.05, 0.1) is 18.8 Å². The highest BCUT2D eigenvalue weighted by atomic mass is 16.3. The van der Waals surface area contributed by atoms with E-state index in [4.69, 9.17) is 0 Å². The number of aliphatic hydroxyl groups is 2. The molecule has 0 saturated carbocycles. The van der Waals surface area contributed by atoms with E-state index in [2.05, 4.69) is 104 Å². The highest BCUT2D eigenvalue weighted by Crippen LogP contribution is 2.17. The molecule has 1 amide bonds. The molecule has 0 aliphatic heterocycles. The van der Waals surface area contributed by atoms with E-state index < -0.39 is 12.1 Å². The van der Waals surface area contributed by atoms with E-state index in [1.807, 2.05) is 6.08 Å². The molecule has 4 heteroatoms. The molecule has 72 heavy (non-hydrogen) atoms. The summed E-state index contributed by atoms with van der Waals surface area (Å²) in [4.78, 5) is 12.5. The van der Waals surface area contributed by atoms with Crippen molar-refractivity contribution < 1.29 is 15.0 Å². The van der Waals surface area contributed by atoms with Crippen LogP contribution in [0.25, 0.3) is 0 Å². The van der Waals surface area contributed by atoms with Gasteiger partial charge in [0.25, 0.3) is 0 Å². The summed E-state index contributed by atoms with van der Waals surface area (Å²) in [5.74, 6) is -0.0783. The van der Waals surface area contributed by atoms with Crippen molar-refractivity contribution >= 4 is 5.91 Å². The average molecular weight is 1000 g/mol. The molecule has 0 aliphatic rings. The van der Waals surface area contributed by atoms with Crippen LogP contribution >= 0.6 is 0 Å². The fourth-order valence-corrected chi connectivity index (χ4v) is 9.30. The molecule has 0 aliphatic carbocycles. The molecule has 4 nitrogen and oxygen atoms in total. The Bertz CT molecular complexity index is 1320. The molecular weight excluding hydrogens is 879 g/mol. The Morgan fingerprint density at radius 1 is 0.347 bits per heavy atom. The summed E-state index contributed by atoms with van der Waals surface area (Å²) < 4.78 is 0. The maximum absolute atomic E-state index is 12.5. The number of nitrogens with one attached hydrogen (secondary N) is 1. The number of hydrogen-bond acceptors (Lipinski definition) is 3. The van der Waals surface area contributed by atoms with Gasteiger partial charge in [-0.05, 0) is 89.9 Å². The van der Waals surface area contributed by atoms with E-state index >= 15 is 0 Å². The monoisotopic (exact) mass is 1000 g/mol. The van der Waals surface area contributed by atoms with Crippen molar-refractivity contribution in [1.29, 1.82) is 0 Å². The minimum absolute atomic E-state index is 0.0783. The van der Waals surface area contributed by atoms with Gasteiger partial charge in [-0.15, -0.1) is 0 Å². The third-order valence-corrected chi connectivity index (χ3v) is 14.0. The number of unbranched alkanes of at least 4 members (excludes halogenated alkanes) is 36. The number of carbonyl (C=O) groups is 1. The molecule has 416 valence electrons. The molecular formula is C68H121NO3. The molecule has 0 saturated heterocycles. The standard InChI is InChI=1S/C68H121NO3/c1-3-5-7-9-11-13-15-17-19-21-23-25-27-29-31-33-34-36-38-40-42-44-46-48-50-52-54-56-58-60-62-64-68(72)69-66(65-70)67(71)63-61-59-57-55-53-51-49-47-45-43-41-39-37-35-32-30-28-26-24-22-20-18-16-14-12-10-8-6-4-2/h5,7,11,13,17,19,23,25,29,31,45,47,53,55,61,63,66-67,70-71H,3-4,6,8-10,12,14-16,18,20-22,24,26-28,30,32-44,46,48-52,54,56-60,62,64-65H2,1-2H3,(H,69,72)/b7-5-,13-11-,19-17-,25-23-,31-29-,47-45+,55-53+,63-61+. The van der Waals surface area contributed by atoms with Gasteiger partial charge in [0.1, 0.15) is 0 Å². The number of aliphatic hydroxyl groups excluding tert-OH is 2. The fourth-order valence-electron chi connectivity index (χ4n) is 9.30. The molecule has 2 atom stereocenters. The predicted octanol–water partition coefficient (Wildman–Crippen LogP) is 21.3. The van der Waals surface area contributed by atoms with Crippen LogP contribution in [0.2, 0.25) is 0 Å². The average Bonchev–Trinajstić information content (AvgIpc) is 3.39. The van der Waals surface area contributed by atoms with E-state index in [0.29, 0.717) is 6.42 Å². The highest BCUT2D eigenvalue weighted by Gasteiger charge is 2.18. The van der Waals surface area contributed by atoms with Crippen LogP contribution in [-0.2, 0) is 4.79 Å². The molecule has 0 aromatic rings. The first kappa shape index (κ1) is 69.3. The maximum Gasteiger partial charge on any atom is 0.220 e. The zero-order chi connectivity index (χ0) is 52.0. The lowest BCUT2D eigenvalue weighted by atomic mass is 10.0. The van der Waals surface area contributed by atoms with Crippen molar-refractivity contribution in [2.24, 2.45) is 0 Å². The molecule has 0 spiro atoms. The Balaban J connectivity index is 3.55. The minimum Gasteiger partial charge on any atom is -0.394 e. The van der Waals surface area contributed by atoms with Crippen LogP contribution in [0.15, 0.2) is 97.2 Å². The van der Waals surface area contributed by atoms with E-state index in [-0.39, 0.29) is 12.5 Å². The Morgan fingerprint density at radius 2 is 0.625 bits per heavy atom. The van der Waals surface area contributed by atoms with Crippen LogP contribution in [0.3, 0.4) is 0 Å². The molecule has 3 N–H and O–H groups in total. The van der Waals surface area contributed by atoms with Crippen LogP contribution in [0, 0.1) is 0 Å². The van der Waals surface area contributed by atoms with Gasteiger partial charge in [-0.25, -0.2) is 0 Å². The normalized spacial score (nSPS) is 13.4. The van der Waals surface area contributed by atoms with Crippen LogP contribution < -0.4 is 5.32 Å². The highest BCUT2D eigenvalue weighted by molar-refractivity contribution is 5.76. The molecule has 0 radical (unpaired) electrons. The smallest absolute Gasteiger partial charge is 0.220 e. The lowest BCUT2D eigenvalue weighted by Crippen LogP contribution is -2.45. The summed E-state index contributed by atoms with van der Waals surface area (Å²) in [6.45, 7) is 4.20. The Labute approximate surface area is 449 Å². The van der Waals surface area contributed by atoms with E-state index in [1.54, 1.807) is 6.08 Å². The largest absolute Gasteiger partial charge is 0.394 e. The van der Waals surface area contributed by atoms with Gasteiger partial charge < -0.3 is 15.5 Å². The van der Waals surface area contributed by atoms with Crippen molar-refractivity contribution in [3.05, 3.63) is 97.2 Å². The van der Waals surface area contributed by atoms with Gasteiger partial charge in [-0.2, -0.15) is 0 Å². The summed E-state index contributed by atoms with van der Waals surface area (Å²) in [5, 5.41) is 23.2. The molecule has 2 unspecified atom stereocenters. The first-order valence-corrected chi connectivity index (χ1v) is 31.5. The topological polar surface area (TPSA) is 69.6 Å². The van der Waals surface area contributed by atoms with Gasteiger partial charge in [-0.3, -0.25) is 4.79 Å². The Kier molecular flexibility index (Phi) is 60.3. The third kappa shape index (κ3) is 58.2. The maximum atomic E-state index is 12.5. The van der Waals surface area contributed by atoms with Gasteiger partial charge in [0, 0.05) is 6.42 Å².